The molecular formula is C15H23FN2. The highest BCUT2D eigenvalue weighted by atomic mass is 19.1. The van der Waals surface area contributed by atoms with Crippen molar-refractivity contribution in [3.8, 4) is 0 Å². The third-order valence-corrected chi connectivity index (χ3v) is 4.17. The van der Waals surface area contributed by atoms with Crippen LogP contribution in [0.4, 0.5) is 10.1 Å². The minimum absolute atomic E-state index is 0.117. The highest BCUT2D eigenvalue weighted by Crippen LogP contribution is 2.29. The molecule has 18 heavy (non-hydrogen) atoms. The zero-order valence-corrected chi connectivity index (χ0v) is 11.5. The number of rotatable bonds is 2. The van der Waals surface area contributed by atoms with E-state index in [1.807, 2.05) is 19.1 Å². The van der Waals surface area contributed by atoms with Gasteiger partial charge in [0.15, 0.2) is 0 Å². The van der Waals surface area contributed by atoms with Crippen molar-refractivity contribution in [2.75, 3.05) is 18.0 Å². The minimum atomic E-state index is -0.147. The van der Waals surface area contributed by atoms with E-state index in [0.717, 1.165) is 36.7 Å². The topological polar surface area (TPSA) is 29.3 Å². The van der Waals surface area contributed by atoms with Gasteiger partial charge >= 0.3 is 0 Å². The monoisotopic (exact) mass is 250 g/mol. The Morgan fingerprint density at radius 3 is 2.61 bits per heavy atom. The lowest BCUT2D eigenvalue weighted by Gasteiger charge is -2.37. The minimum Gasteiger partial charge on any atom is -0.369 e. The van der Waals surface area contributed by atoms with Gasteiger partial charge < -0.3 is 10.6 Å². The number of halogens is 1. The lowest BCUT2D eigenvalue weighted by atomic mass is 9.88. The molecule has 1 aromatic rings. The molecule has 3 heteroatoms. The van der Waals surface area contributed by atoms with E-state index in [4.69, 9.17) is 5.73 Å². The molecule has 0 amide bonds. The fourth-order valence-corrected chi connectivity index (χ4v) is 2.54. The summed E-state index contributed by atoms with van der Waals surface area (Å²) in [6.07, 6.45) is 1.13. The van der Waals surface area contributed by atoms with Crippen molar-refractivity contribution in [3.63, 3.8) is 0 Å². The lowest BCUT2D eigenvalue weighted by molar-refractivity contribution is 0.322. The van der Waals surface area contributed by atoms with Crippen molar-refractivity contribution in [2.24, 2.45) is 17.6 Å². The first-order chi connectivity index (χ1) is 8.49. The normalized spacial score (nSPS) is 26.2. The molecule has 1 saturated heterocycles. The first-order valence-corrected chi connectivity index (χ1v) is 6.79. The van der Waals surface area contributed by atoms with Gasteiger partial charge in [-0.15, -0.1) is 0 Å². The molecule has 0 spiro atoms. The van der Waals surface area contributed by atoms with Gasteiger partial charge in [-0.25, -0.2) is 4.39 Å². The van der Waals surface area contributed by atoms with Crippen molar-refractivity contribution in [2.45, 2.75) is 33.2 Å². The zero-order chi connectivity index (χ0) is 13.3. The Hall–Kier alpha value is -1.09. The SMILES string of the molecule is CC1CCN(c2ccc([C@H](C)N)cc2F)CC1C. The van der Waals surface area contributed by atoms with Crippen LogP contribution in [0.1, 0.15) is 38.8 Å². The standard InChI is InChI=1S/C15H23FN2/c1-10-6-7-18(9-11(10)2)15-5-4-13(12(3)17)8-14(15)16/h4-5,8,10-12H,6-7,9,17H2,1-3H3/t10?,11?,12-/m0/s1. The Morgan fingerprint density at radius 2 is 2.06 bits per heavy atom. The summed E-state index contributed by atoms with van der Waals surface area (Å²) in [6.45, 7) is 8.28. The molecule has 1 fully saturated rings. The summed E-state index contributed by atoms with van der Waals surface area (Å²) < 4.78 is 14.1. The maximum atomic E-state index is 14.1. The number of hydrogen-bond donors (Lipinski definition) is 1. The maximum Gasteiger partial charge on any atom is 0.146 e. The van der Waals surface area contributed by atoms with Gasteiger partial charge in [0, 0.05) is 19.1 Å². The van der Waals surface area contributed by atoms with Crippen LogP contribution in [0.3, 0.4) is 0 Å². The van der Waals surface area contributed by atoms with Crippen LogP contribution in [0.2, 0.25) is 0 Å². The van der Waals surface area contributed by atoms with Gasteiger partial charge in [-0.05, 0) is 42.9 Å². The summed E-state index contributed by atoms with van der Waals surface area (Å²) in [7, 11) is 0. The predicted octanol–water partition coefficient (Wildman–Crippen LogP) is 3.33. The number of nitrogens with two attached hydrogens (primary N) is 1. The largest absolute Gasteiger partial charge is 0.369 e. The van der Waals surface area contributed by atoms with Crippen LogP contribution >= 0.6 is 0 Å². The van der Waals surface area contributed by atoms with E-state index in [9.17, 15) is 4.39 Å². The molecule has 2 rings (SSSR count). The molecule has 1 heterocycles. The van der Waals surface area contributed by atoms with Gasteiger partial charge in [-0.3, -0.25) is 0 Å². The fourth-order valence-electron chi connectivity index (χ4n) is 2.54. The van der Waals surface area contributed by atoms with E-state index in [1.54, 1.807) is 6.07 Å². The van der Waals surface area contributed by atoms with E-state index >= 15 is 0 Å². The molecule has 1 aromatic carbocycles. The van der Waals surface area contributed by atoms with E-state index in [-0.39, 0.29) is 11.9 Å². The van der Waals surface area contributed by atoms with Gasteiger partial charge in [0.1, 0.15) is 5.82 Å². The van der Waals surface area contributed by atoms with Gasteiger partial charge in [0.2, 0.25) is 0 Å². The molecule has 3 atom stereocenters. The summed E-state index contributed by atoms with van der Waals surface area (Å²) in [5.74, 6) is 1.20. The van der Waals surface area contributed by atoms with Crippen LogP contribution in [0.5, 0.6) is 0 Å². The highest BCUT2D eigenvalue weighted by Gasteiger charge is 2.24. The summed E-state index contributed by atoms with van der Waals surface area (Å²) in [5, 5.41) is 0. The number of nitrogens with zero attached hydrogens (tertiary/aromatic N) is 1. The maximum absolute atomic E-state index is 14.1. The van der Waals surface area contributed by atoms with Crippen molar-refractivity contribution < 1.29 is 4.39 Å². The van der Waals surface area contributed by atoms with E-state index in [0.29, 0.717) is 5.92 Å². The molecule has 0 radical (unpaired) electrons. The molecule has 0 aliphatic carbocycles. The quantitative estimate of drug-likeness (QED) is 0.872. The molecule has 1 aliphatic rings. The third kappa shape index (κ3) is 2.66. The molecule has 0 aromatic heterocycles. The Balaban J connectivity index is 2.19. The molecule has 0 saturated carbocycles. The Morgan fingerprint density at radius 1 is 1.33 bits per heavy atom. The average Bonchev–Trinajstić information content (AvgIpc) is 2.32. The highest BCUT2D eigenvalue weighted by molar-refractivity contribution is 5.50. The van der Waals surface area contributed by atoms with Crippen LogP contribution in [0, 0.1) is 17.7 Å². The number of piperidine rings is 1. The van der Waals surface area contributed by atoms with Crippen LogP contribution in [0.15, 0.2) is 18.2 Å². The molecule has 2 nitrogen and oxygen atoms in total. The first-order valence-electron chi connectivity index (χ1n) is 6.79. The smallest absolute Gasteiger partial charge is 0.146 e. The molecule has 2 N–H and O–H groups in total. The van der Waals surface area contributed by atoms with Gasteiger partial charge in [0.25, 0.3) is 0 Å². The second-order valence-electron chi connectivity index (χ2n) is 5.69. The molecule has 1 aliphatic heterocycles. The number of anilines is 1. The lowest BCUT2D eigenvalue weighted by Crippen LogP contribution is -2.38. The average molecular weight is 250 g/mol. The van der Waals surface area contributed by atoms with Gasteiger partial charge in [-0.2, -0.15) is 0 Å². The van der Waals surface area contributed by atoms with E-state index < -0.39 is 0 Å². The van der Waals surface area contributed by atoms with Crippen LogP contribution in [0.25, 0.3) is 0 Å². The van der Waals surface area contributed by atoms with Gasteiger partial charge in [0.05, 0.1) is 5.69 Å². The summed E-state index contributed by atoms with van der Waals surface area (Å²) in [6, 6.07) is 5.26. The first kappa shape index (κ1) is 13.3. The number of hydrogen-bond acceptors (Lipinski definition) is 2. The van der Waals surface area contributed by atoms with Crippen LogP contribution < -0.4 is 10.6 Å². The van der Waals surface area contributed by atoms with Crippen LogP contribution in [-0.4, -0.2) is 13.1 Å². The van der Waals surface area contributed by atoms with Gasteiger partial charge in [-0.1, -0.05) is 19.9 Å². The van der Waals surface area contributed by atoms with E-state index in [1.165, 1.54) is 0 Å². The van der Waals surface area contributed by atoms with Crippen molar-refractivity contribution in [3.05, 3.63) is 29.6 Å². The van der Waals surface area contributed by atoms with Crippen molar-refractivity contribution >= 4 is 5.69 Å². The molecule has 2 unspecified atom stereocenters. The second kappa shape index (κ2) is 5.27. The summed E-state index contributed by atoms with van der Waals surface area (Å²) in [5.41, 5.74) is 7.35. The predicted molar refractivity (Wildman–Crippen MR) is 74.2 cm³/mol. The van der Waals surface area contributed by atoms with Crippen LogP contribution in [-0.2, 0) is 0 Å². The molecule has 0 bridgehead atoms. The summed E-state index contributed by atoms with van der Waals surface area (Å²) in [4.78, 5) is 2.16. The zero-order valence-electron chi connectivity index (χ0n) is 11.5. The van der Waals surface area contributed by atoms with Crippen molar-refractivity contribution in [1.82, 2.24) is 0 Å². The third-order valence-electron chi connectivity index (χ3n) is 4.17. The molecule has 100 valence electrons. The Bertz CT molecular complexity index is 417. The Labute approximate surface area is 109 Å². The summed E-state index contributed by atoms with van der Waals surface area (Å²) >= 11 is 0. The second-order valence-corrected chi connectivity index (χ2v) is 5.69. The van der Waals surface area contributed by atoms with Crippen molar-refractivity contribution in [1.29, 1.82) is 0 Å². The Kier molecular flexibility index (Phi) is 3.91. The fraction of sp³-hybridized carbons (Fsp3) is 0.600. The number of benzene rings is 1. The molecular weight excluding hydrogens is 227 g/mol. The van der Waals surface area contributed by atoms with E-state index in [2.05, 4.69) is 18.7 Å².